The lowest BCUT2D eigenvalue weighted by Gasteiger charge is -2.25. The largest absolute Gasteiger partial charge is 0.342 e. The van der Waals surface area contributed by atoms with Crippen LogP contribution in [0.3, 0.4) is 0 Å². The second-order valence-corrected chi connectivity index (χ2v) is 7.15. The number of para-hydroxylation sites is 1. The molecule has 1 fully saturated rings. The zero-order valence-corrected chi connectivity index (χ0v) is 15.7. The van der Waals surface area contributed by atoms with E-state index in [1.54, 1.807) is 0 Å². The number of rotatable bonds is 4. The number of anilines is 3. The molecule has 0 radical (unpaired) electrons. The summed E-state index contributed by atoms with van der Waals surface area (Å²) in [6, 6.07) is 7.51. The standard InChI is InChI=1S/C20H23N5O3/c1-2-12-7-3-4-8-14(12)21-18(27)13-11-15(26)22-17-16(13)19(28)24-20(23-17)25-9-5-6-10-25/h3-4,7-8,13H,2,5-6,9-11H2,1H3,(H,21,27)(H2,22,23,24,26,28). The Labute approximate surface area is 162 Å². The summed E-state index contributed by atoms with van der Waals surface area (Å²) in [7, 11) is 0. The molecule has 8 nitrogen and oxygen atoms in total. The highest BCUT2D eigenvalue weighted by atomic mass is 16.2. The molecule has 2 aliphatic heterocycles. The monoisotopic (exact) mass is 381 g/mol. The predicted octanol–water partition coefficient (Wildman–Crippen LogP) is 2.00. The fourth-order valence-electron chi connectivity index (χ4n) is 3.83. The molecule has 3 N–H and O–H groups in total. The topological polar surface area (TPSA) is 107 Å². The molecule has 4 rings (SSSR count). The lowest BCUT2D eigenvalue weighted by Crippen LogP contribution is -2.37. The van der Waals surface area contributed by atoms with Crippen molar-refractivity contribution in [1.29, 1.82) is 0 Å². The van der Waals surface area contributed by atoms with E-state index in [4.69, 9.17) is 0 Å². The summed E-state index contributed by atoms with van der Waals surface area (Å²) >= 11 is 0. The Morgan fingerprint density at radius 1 is 1.25 bits per heavy atom. The summed E-state index contributed by atoms with van der Waals surface area (Å²) in [5, 5.41) is 5.54. The van der Waals surface area contributed by atoms with Gasteiger partial charge in [-0.15, -0.1) is 0 Å². The molecule has 1 unspecified atom stereocenters. The average molecular weight is 381 g/mol. The van der Waals surface area contributed by atoms with Crippen LogP contribution in [0.1, 0.15) is 43.2 Å². The van der Waals surface area contributed by atoms with Crippen molar-refractivity contribution in [2.45, 2.75) is 38.5 Å². The summed E-state index contributed by atoms with van der Waals surface area (Å²) in [6.07, 6.45) is 2.75. The lowest BCUT2D eigenvalue weighted by atomic mass is 9.92. The summed E-state index contributed by atoms with van der Waals surface area (Å²) in [4.78, 5) is 47.2. The Bertz CT molecular complexity index is 978. The number of carbonyl (C=O) groups is 2. The van der Waals surface area contributed by atoms with Crippen LogP contribution in [-0.4, -0.2) is 34.9 Å². The highest BCUT2D eigenvalue weighted by Crippen LogP contribution is 2.31. The van der Waals surface area contributed by atoms with Crippen molar-refractivity contribution in [3.63, 3.8) is 0 Å². The number of hydrogen-bond donors (Lipinski definition) is 3. The number of hydrogen-bond acceptors (Lipinski definition) is 5. The number of aryl methyl sites for hydroxylation is 1. The Morgan fingerprint density at radius 2 is 2.00 bits per heavy atom. The number of carbonyl (C=O) groups excluding carboxylic acids is 2. The third kappa shape index (κ3) is 3.37. The van der Waals surface area contributed by atoms with Crippen molar-refractivity contribution >= 4 is 29.3 Å². The molecule has 0 saturated carbocycles. The van der Waals surface area contributed by atoms with Gasteiger partial charge in [0, 0.05) is 25.2 Å². The van der Waals surface area contributed by atoms with E-state index in [9.17, 15) is 14.4 Å². The molecule has 2 amide bonds. The fourth-order valence-corrected chi connectivity index (χ4v) is 3.83. The van der Waals surface area contributed by atoms with Crippen molar-refractivity contribution in [2.75, 3.05) is 28.6 Å². The first kappa shape index (κ1) is 18.2. The number of nitrogens with one attached hydrogen (secondary N) is 3. The second-order valence-electron chi connectivity index (χ2n) is 7.15. The SMILES string of the molecule is CCc1ccccc1NC(=O)C1CC(=O)Nc2nc(N3CCCC3)[nH]c(=O)c21. The Balaban J connectivity index is 1.67. The van der Waals surface area contributed by atoms with Crippen LogP contribution >= 0.6 is 0 Å². The zero-order chi connectivity index (χ0) is 19.7. The Kier molecular flexibility index (Phi) is 4.85. The van der Waals surface area contributed by atoms with Crippen molar-refractivity contribution in [1.82, 2.24) is 9.97 Å². The average Bonchev–Trinajstić information content (AvgIpc) is 3.22. The van der Waals surface area contributed by atoms with Crippen LogP contribution in [0.2, 0.25) is 0 Å². The van der Waals surface area contributed by atoms with Crippen LogP contribution in [0.25, 0.3) is 0 Å². The number of H-pyrrole nitrogens is 1. The molecule has 1 saturated heterocycles. The minimum atomic E-state index is -0.877. The smallest absolute Gasteiger partial charge is 0.258 e. The molecule has 28 heavy (non-hydrogen) atoms. The molecule has 2 aromatic rings. The highest BCUT2D eigenvalue weighted by Gasteiger charge is 2.35. The molecule has 146 valence electrons. The van der Waals surface area contributed by atoms with E-state index in [0.717, 1.165) is 37.9 Å². The van der Waals surface area contributed by atoms with E-state index in [2.05, 4.69) is 20.6 Å². The lowest BCUT2D eigenvalue weighted by molar-refractivity contribution is -0.123. The number of aromatic nitrogens is 2. The van der Waals surface area contributed by atoms with E-state index in [1.807, 2.05) is 36.1 Å². The maximum Gasteiger partial charge on any atom is 0.258 e. The molecule has 2 aliphatic rings. The summed E-state index contributed by atoms with van der Waals surface area (Å²) in [6.45, 7) is 3.63. The van der Waals surface area contributed by atoms with E-state index in [0.29, 0.717) is 11.6 Å². The molecular weight excluding hydrogens is 358 g/mol. The number of fused-ring (bicyclic) bond motifs is 1. The predicted molar refractivity (Wildman–Crippen MR) is 107 cm³/mol. The highest BCUT2D eigenvalue weighted by molar-refractivity contribution is 6.04. The molecular formula is C20H23N5O3. The number of nitrogens with zero attached hydrogens (tertiary/aromatic N) is 2. The normalized spacial score (nSPS) is 18.5. The van der Waals surface area contributed by atoms with Crippen LogP contribution in [0.15, 0.2) is 29.1 Å². The molecule has 0 spiro atoms. The van der Waals surface area contributed by atoms with Crippen LogP contribution in [0, 0.1) is 0 Å². The third-order valence-electron chi connectivity index (χ3n) is 5.32. The van der Waals surface area contributed by atoms with E-state index >= 15 is 0 Å². The van der Waals surface area contributed by atoms with Gasteiger partial charge in [-0.25, -0.2) is 0 Å². The van der Waals surface area contributed by atoms with Crippen LogP contribution in [0.4, 0.5) is 17.5 Å². The maximum atomic E-state index is 13.0. The van der Waals surface area contributed by atoms with Crippen LogP contribution < -0.4 is 21.1 Å². The van der Waals surface area contributed by atoms with E-state index in [-0.39, 0.29) is 35.2 Å². The molecule has 1 aromatic carbocycles. The van der Waals surface area contributed by atoms with Gasteiger partial charge < -0.3 is 15.5 Å². The van der Waals surface area contributed by atoms with Gasteiger partial charge in [-0.2, -0.15) is 4.98 Å². The zero-order valence-electron chi connectivity index (χ0n) is 15.7. The third-order valence-corrected chi connectivity index (χ3v) is 5.32. The van der Waals surface area contributed by atoms with Gasteiger partial charge in [-0.05, 0) is 30.9 Å². The van der Waals surface area contributed by atoms with Gasteiger partial charge in [-0.1, -0.05) is 25.1 Å². The van der Waals surface area contributed by atoms with Gasteiger partial charge in [0.2, 0.25) is 17.8 Å². The maximum absolute atomic E-state index is 13.0. The molecule has 0 aliphatic carbocycles. The Morgan fingerprint density at radius 3 is 2.75 bits per heavy atom. The summed E-state index contributed by atoms with van der Waals surface area (Å²) in [5.74, 6) is -0.942. The number of benzene rings is 1. The number of aromatic amines is 1. The second kappa shape index (κ2) is 7.46. The molecule has 0 bridgehead atoms. The first-order valence-corrected chi connectivity index (χ1v) is 9.64. The first-order chi connectivity index (χ1) is 13.6. The van der Waals surface area contributed by atoms with Crippen molar-refractivity contribution < 1.29 is 9.59 Å². The minimum Gasteiger partial charge on any atom is -0.342 e. The molecule has 8 heteroatoms. The van der Waals surface area contributed by atoms with E-state index < -0.39 is 5.92 Å². The van der Waals surface area contributed by atoms with Gasteiger partial charge in [0.25, 0.3) is 5.56 Å². The summed E-state index contributed by atoms with van der Waals surface area (Å²) < 4.78 is 0. The van der Waals surface area contributed by atoms with Gasteiger partial charge in [0.1, 0.15) is 5.82 Å². The Hall–Kier alpha value is -3.16. The van der Waals surface area contributed by atoms with Gasteiger partial charge >= 0.3 is 0 Å². The molecule has 3 heterocycles. The van der Waals surface area contributed by atoms with Gasteiger partial charge in [0.05, 0.1) is 11.5 Å². The molecule has 1 atom stereocenters. The van der Waals surface area contributed by atoms with E-state index in [1.165, 1.54) is 0 Å². The first-order valence-electron chi connectivity index (χ1n) is 9.64. The quantitative estimate of drug-likeness (QED) is 0.751. The minimum absolute atomic E-state index is 0.0824. The van der Waals surface area contributed by atoms with Crippen molar-refractivity contribution in [3.8, 4) is 0 Å². The summed E-state index contributed by atoms with van der Waals surface area (Å²) in [5.41, 5.74) is 1.53. The fraction of sp³-hybridized carbons (Fsp3) is 0.400. The van der Waals surface area contributed by atoms with Crippen molar-refractivity contribution in [3.05, 3.63) is 45.7 Å². The van der Waals surface area contributed by atoms with Gasteiger partial charge in [-0.3, -0.25) is 19.4 Å². The van der Waals surface area contributed by atoms with Gasteiger partial charge in [0.15, 0.2) is 0 Å². The van der Waals surface area contributed by atoms with Crippen molar-refractivity contribution in [2.24, 2.45) is 0 Å². The van der Waals surface area contributed by atoms with Crippen LogP contribution in [0.5, 0.6) is 0 Å². The molecule has 1 aromatic heterocycles. The van der Waals surface area contributed by atoms with Crippen LogP contribution in [-0.2, 0) is 16.0 Å². The number of amides is 2.